The summed E-state index contributed by atoms with van der Waals surface area (Å²) in [5.74, 6) is -0.0300. The third-order valence-corrected chi connectivity index (χ3v) is 3.46. The first-order valence-electron chi connectivity index (χ1n) is 6.39. The number of hydrogen-bond donors (Lipinski definition) is 1. The Balaban J connectivity index is 0.000000677. The molecule has 0 bridgehead atoms. The van der Waals surface area contributed by atoms with E-state index in [4.69, 9.17) is 9.59 Å². The van der Waals surface area contributed by atoms with Gasteiger partial charge in [-0.15, -0.1) is 11.3 Å². The van der Waals surface area contributed by atoms with Gasteiger partial charge in [0.25, 0.3) is 5.91 Å². The Morgan fingerprint density at radius 1 is 1.48 bits per heavy atom. The van der Waals surface area contributed by atoms with Gasteiger partial charge < -0.3 is 9.88 Å². The quantitative estimate of drug-likeness (QED) is 0.937. The lowest BCUT2D eigenvalue weighted by atomic mass is 10.2. The zero-order chi connectivity index (χ0) is 15.8. The van der Waals surface area contributed by atoms with Gasteiger partial charge >= 0.3 is 6.15 Å². The largest absolute Gasteiger partial charge is 0.373 e. The van der Waals surface area contributed by atoms with Gasteiger partial charge in [-0.25, -0.2) is 4.98 Å². The number of nitrogens with zero attached hydrogens (tertiary/aromatic N) is 2. The Morgan fingerprint density at radius 2 is 2.14 bits per heavy atom. The van der Waals surface area contributed by atoms with Crippen LogP contribution in [0.15, 0.2) is 17.6 Å². The molecular formula is C14H17N3O3S. The molecule has 112 valence electrons. The van der Waals surface area contributed by atoms with Crippen molar-refractivity contribution in [1.82, 2.24) is 14.9 Å². The SMILES string of the molecule is CCCNC(=O)c1cc(-c2csc(C)n2)cn1C.O=C=O. The zero-order valence-electron chi connectivity index (χ0n) is 12.2. The minimum atomic E-state index is -0.0300. The molecule has 0 radical (unpaired) electrons. The molecule has 0 aromatic carbocycles. The molecule has 1 N–H and O–H groups in total. The molecule has 0 saturated heterocycles. The monoisotopic (exact) mass is 307 g/mol. The third kappa shape index (κ3) is 4.66. The maximum atomic E-state index is 11.9. The van der Waals surface area contributed by atoms with Crippen LogP contribution in [-0.4, -0.2) is 28.2 Å². The maximum absolute atomic E-state index is 11.9. The molecule has 2 rings (SSSR count). The van der Waals surface area contributed by atoms with Gasteiger partial charge in [0, 0.05) is 30.7 Å². The summed E-state index contributed by atoms with van der Waals surface area (Å²) in [7, 11) is 1.88. The minimum Gasteiger partial charge on any atom is -0.351 e. The molecule has 2 aromatic heterocycles. The molecule has 21 heavy (non-hydrogen) atoms. The van der Waals surface area contributed by atoms with E-state index in [1.807, 2.05) is 43.1 Å². The van der Waals surface area contributed by atoms with Gasteiger partial charge in [0.1, 0.15) is 5.69 Å². The molecule has 0 spiro atoms. The van der Waals surface area contributed by atoms with E-state index in [0.717, 1.165) is 22.7 Å². The zero-order valence-corrected chi connectivity index (χ0v) is 13.0. The Kier molecular flexibility index (Phi) is 6.52. The Morgan fingerprint density at radius 3 is 2.67 bits per heavy atom. The Labute approximate surface area is 126 Å². The molecule has 0 fully saturated rings. The number of hydrogen-bond acceptors (Lipinski definition) is 5. The first kappa shape index (κ1) is 16.8. The number of carbonyl (C=O) groups is 1. The minimum absolute atomic E-state index is 0.0300. The van der Waals surface area contributed by atoms with Crippen molar-refractivity contribution in [2.75, 3.05) is 6.54 Å². The summed E-state index contributed by atoms with van der Waals surface area (Å²) in [5, 5.41) is 5.93. The molecule has 1 amide bonds. The van der Waals surface area contributed by atoms with E-state index >= 15 is 0 Å². The molecule has 7 heteroatoms. The van der Waals surface area contributed by atoms with Crippen molar-refractivity contribution < 1.29 is 14.4 Å². The van der Waals surface area contributed by atoms with Crippen molar-refractivity contribution in [3.05, 3.63) is 28.3 Å². The van der Waals surface area contributed by atoms with E-state index in [2.05, 4.69) is 10.3 Å². The smallest absolute Gasteiger partial charge is 0.351 e. The Hall–Kier alpha value is -2.24. The molecule has 0 aliphatic rings. The van der Waals surface area contributed by atoms with Gasteiger partial charge in [0.15, 0.2) is 0 Å². The van der Waals surface area contributed by atoms with Crippen LogP contribution in [0.4, 0.5) is 0 Å². The highest BCUT2D eigenvalue weighted by Gasteiger charge is 2.13. The van der Waals surface area contributed by atoms with E-state index in [1.54, 1.807) is 11.3 Å². The molecule has 0 aliphatic carbocycles. The highest BCUT2D eigenvalue weighted by Crippen LogP contribution is 2.23. The van der Waals surface area contributed by atoms with Crippen LogP contribution in [0.1, 0.15) is 28.8 Å². The molecule has 0 atom stereocenters. The normalized spacial score (nSPS) is 9.48. The second kappa shape index (κ2) is 8.14. The van der Waals surface area contributed by atoms with Crippen LogP contribution < -0.4 is 5.32 Å². The lowest BCUT2D eigenvalue weighted by Crippen LogP contribution is -2.25. The number of nitrogens with one attached hydrogen (secondary N) is 1. The van der Waals surface area contributed by atoms with E-state index in [9.17, 15) is 4.79 Å². The number of amides is 1. The van der Waals surface area contributed by atoms with E-state index < -0.39 is 0 Å². The van der Waals surface area contributed by atoms with Crippen LogP contribution in [0, 0.1) is 6.92 Å². The van der Waals surface area contributed by atoms with Gasteiger partial charge in [-0.3, -0.25) is 4.79 Å². The highest BCUT2D eigenvalue weighted by molar-refractivity contribution is 7.09. The van der Waals surface area contributed by atoms with Crippen LogP contribution in [-0.2, 0) is 16.6 Å². The Bertz CT molecular complexity index is 640. The van der Waals surface area contributed by atoms with Crippen LogP contribution in [0.25, 0.3) is 11.3 Å². The van der Waals surface area contributed by atoms with E-state index in [0.29, 0.717) is 12.2 Å². The first-order chi connectivity index (χ1) is 10.0. The average Bonchev–Trinajstić information content (AvgIpc) is 3.03. The predicted octanol–water partition coefficient (Wildman–Crippen LogP) is 2.01. The number of thiazole rings is 1. The molecule has 0 aliphatic heterocycles. The van der Waals surface area contributed by atoms with E-state index in [-0.39, 0.29) is 12.1 Å². The van der Waals surface area contributed by atoms with Crippen molar-refractivity contribution in [1.29, 1.82) is 0 Å². The molecule has 0 unspecified atom stereocenters. The van der Waals surface area contributed by atoms with Gasteiger partial charge in [-0.2, -0.15) is 9.59 Å². The maximum Gasteiger partial charge on any atom is 0.373 e. The third-order valence-electron chi connectivity index (χ3n) is 2.69. The van der Waals surface area contributed by atoms with E-state index in [1.165, 1.54) is 0 Å². The molecule has 2 heterocycles. The fourth-order valence-corrected chi connectivity index (χ4v) is 2.38. The number of aryl methyl sites for hydroxylation is 2. The summed E-state index contributed by atoms with van der Waals surface area (Å²) in [6, 6.07) is 1.89. The van der Waals surface area contributed by atoms with Crippen LogP contribution in [0.3, 0.4) is 0 Å². The summed E-state index contributed by atoms with van der Waals surface area (Å²) < 4.78 is 1.84. The lowest BCUT2D eigenvalue weighted by molar-refractivity contribution is -0.191. The summed E-state index contributed by atoms with van der Waals surface area (Å²) in [6.07, 6.45) is 3.13. The summed E-state index contributed by atoms with van der Waals surface area (Å²) in [6.45, 7) is 4.72. The van der Waals surface area contributed by atoms with Crippen molar-refractivity contribution in [2.24, 2.45) is 7.05 Å². The second-order valence-corrected chi connectivity index (χ2v) is 5.38. The standard InChI is InChI=1S/C13H17N3OS.CO2/c1-4-5-14-13(17)12-6-10(7-16(12)3)11-8-18-9(2)15-11;2-1-3/h6-8H,4-5H2,1-3H3,(H,14,17);. The molecule has 2 aromatic rings. The van der Waals surface area contributed by atoms with Crippen molar-refractivity contribution in [3.8, 4) is 11.3 Å². The number of carbonyl (C=O) groups excluding carboxylic acids is 3. The van der Waals surface area contributed by atoms with Crippen LogP contribution in [0.2, 0.25) is 0 Å². The second-order valence-electron chi connectivity index (χ2n) is 4.32. The average molecular weight is 307 g/mol. The molecular weight excluding hydrogens is 290 g/mol. The highest BCUT2D eigenvalue weighted by atomic mass is 32.1. The lowest BCUT2D eigenvalue weighted by Gasteiger charge is -2.03. The summed E-state index contributed by atoms with van der Waals surface area (Å²) in [5.41, 5.74) is 2.59. The van der Waals surface area contributed by atoms with Gasteiger partial charge in [0.2, 0.25) is 0 Å². The van der Waals surface area contributed by atoms with Gasteiger partial charge in [-0.1, -0.05) is 6.92 Å². The van der Waals surface area contributed by atoms with Crippen LogP contribution >= 0.6 is 11.3 Å². The molecule has 0 saturated carbocycles. The van der Waals surface area contributed by atoms with Crippen molar-refractivity contribution in [3.63, 3.8) is 0 Å². The fourth-order valence-electron chi connectivity index (χ4n) is 1.76. The van der Waals surface area contributed by atoms with Gasteiger partial charge in [-0.05, 0) is 19.4 Å². The summed E-state index contributed by atoms with van der Waals surface area (Å²) in [4.78, 5) is 32.6. The van der Waals surface area contributed by atoms with Gasteiger partial charge in [0.05, 0.1) is 10.7 Å². The number of rotatable bonds is 4. The first-order valence-corrected chi connectivity index (χ1v) is 7.27. The van der Waals surface area contributed by atoms with Crippen LogP contribution in [0.5, 0.6) is 0 Å². The fraction of sp³-hybridized carbons (Fsp3) is 0.357. The molecule has 6 nitrogen and oxygen atoms in total. The van der Waals surface area contributed by atoms with Crippen molar-refractivity contribution in [2.45, 2.75) is 20.3 Å². The summed E-state index contributed by atoms with van der Waals surface area (Å²) >= 11 is 1.62. The topological polar surface area (TPSA) is 81.1 Å². The van der Waals surface area contributed by atoms with Crippen molar-refractivity contribution >= 4 is 23.4 Å². The predicted molar refractivity (Wildman–Crippen MR) is 78.9 cm³/mol. The number of aromatic nitrogens is 2.